The first-order valence-electron chi connectivity index (χ1n) is 8.76. The summed E-state index contributed by atoms with van der Waals surface area (Å²) in [6, 6.07) is 0. The van der Waals surface area contributed by atoms with Crippen LogP contribution in [-0.4, -0.2) is 53.4 Å². The summed E-state index contributed by atoms with van der Waals surface area (Å²) in [7, 11) is 1.98. The first-order chi connectivity index (χ1) is 11.0. The maximum Gasteiger partial charge on any atom is 0.191 e. The molecule has 1 rings (SSSR count). The Morgan fingerprint density at radius 1 is 1.17 bits per heavy atom. The number of rotatable bonds is 9. The summed E-state index contributed by atoms with van der Waals surface area (Å²) in [5, 5.41) is 11.2. The van der Waals surface area contributed by atoms with Crippen LogP contribution in [0.1, 0.15) is 44.1 Å². The van der Waals surface area contributed by atoms with E-state index in [1.54, 1.807) is 0 Å². The lowest BCUT2D eigenvalue weighted by atomic mass is 10.2. The standard InChI is InChI=1S/C17H34N6/c1-7-18-17(19-11-10-12-23(8-2)9-3)20-13-16-14(4)21-22(6)15(16)5/h7-13H2,1-6H3,(H2,18,19,20). The summed E-state index contributed by atoms with van der Waals surface area (Å²) in [5.74, 6) is 0.884. The third-order valence-corrected chi connectivity index (χ3v) is 4.24. The van der Waals surface area contributed by atoms with Crippen LogP contribution in [0.15, 0.2) is 4.99 Å². The zero-order valence-electron chi connectivity index (χ0n) is 15.7. The average molecular weight is 323 g/mol. The van der Waals surface area contributed by atoms with Gasteiger partial charge in [0, 0.05) is 31.4 Å². The van der Waals surface area contributed by atoms with Crippen molar-refractivity contribution >= 4 is 5.96 Å². The zero-order valence-corrected chi connectivity index (χ0v) is 15.7. The van der Waals surface area contributed by atoms with Crippen LogP contribution in [0.4, 0.5) is 0 Å². The van der Waals surface area contributed by atoms with Crippen LogP contribution < -0.4 is 10.6 Å². The van der Waals surface area contributed by atoms with E-state index in [4.69, 9.17) is 4.99 Å². The van der Waals surface area contributed by atoms with E-state index in [1.165, 1.54) is 11.3 Å². The van der Waals surface area contributed by atoms with Crippen LogP contribution in [0.25, 0.3) is 0 Å². The highest BCUT2D eigenvalue weighted by Crippen LogP contribution is 2.12. The van der Waals surface area contributed by atoms with Crippen LogP contribution in [0.3, 0.4) is 0 Å². The highest BCUT2D eigenvalue weighted by atomic mass is 15.3. The SMILES string of the molecule is CCNC(=NCc1c(C)nn(C)c1C)NCCCN(CC)CC. The zero-order chi connectivity index (χ0) is 17.2. The molecule has 0 fully saturated rings. The maximum absolute atomic E-state index is 4.70. The van der Waals surface area contributed by atoms with Gasteiger partial charge in [-0.05, 0) is 46.8 Å². The van der Waals surface area contributed by atoms with Gasteiger partial charge in [0.25, 0.3) is 0 Å². The van der Waals surface area contributed by atoms with Crippen molar-refractivity contribution in [3.63, 3.8) is 0 Å². The summed E-state index contributed by atoms with van der Waals surface area (Å²) >= 11 is 0. The smallest absolute Gasteiger partial charge is 0.191 e. The van der Waals surface area contributed by atoms with E-state index in [1.807, 2.05) is 18.7 Å². The number of hydrogen-bond acceptors (Lipinski definition) is 3. The molecule has 0 atom stereocenters. The minimum absolute atomic E-state index is 0.664. The number of hydrogen-bond donors (Lipinski definition) is 2. The molecule has 0 aromatic carbocycles. The minimum Gasteiger partial charge on any atom is -0.357 e. The number of aromatic nitrogens is 2. The second-order valence-electron chi connectivity index (χ2n) is 5.78. The van der Waals surface area contributed by atoms with Crippen molar-refractivity contribution in [3.05, 3.63) is 17.0 Å². The van der Waals surface area contributed by atoms with Crippen molar-refractivity contribution in [2.24, 2.45) is 12.0 Å². The van der Waals surface area contributed by atoms with E-state index < -0.39 is 0 Å². The highest BCUT2D eigenvalue weighted by molar-refractivity contribution is 5.79. The lowest BCUT2D eigenvalue weighted by molar-refractivity contribution is 0.300. The molecular weight excluding hydrogens is 288 g/mol. The van der Waals surface area contributed by atoms with Crippen molar-refractivity contribution in [1.82, 2.24) is 25.3 Å². The van der Waals surface area contributed by atoms with Crippen molar-refractivity contribution < 1.29 is 0 Å². The molecule has 0 aliphatic carbocycles. The number of nitrogens with zero attached hydrogens (tertiary/aromatic N) is 4. The first kappa shape index (κ1) is 19.5. The van der Waals surface area contributed by atoms with Crippen molar-refractivity contribution in [2.45, 2.75) is 47.6 Å². The Morgan fingerprint density at radius 2 is 1.87 bits per heavy atom. The Balaban J connectivity index is 2.53. The molecule has 6 nitrogen and oxygen atoms in total. The van der Waals surface area contributed by atoms with E-state index in [0.717, 1.165) is 50.8 Å². The van der Waals surface area contributed by atoms with Crippen LogP contribution in [0.5, 0.6) is 0 Å². The number of guanidine groups is 1. The van der Waals surface area contributed by atoms with Crippen LogP contribution in [0, 0.1) is 13.8 Å². The molecule has 0 amide bonds. The molecule has 0 radical (unpaired) electrons. The van der Waals surface area contributed by atoms with Gasteiger partial charge in [-0.25, -0.2) is 4.99 Å². The molecule has 1 aromatic rings. The van der Waals surface area contributed by atoms with Gasteiger partial charge in [-0.1, -0.05) is 13.8 Å². The number of aryl methyl sites for hydroxylation is 2. The largest absolute Gasteiger partial charge is 0.357 e. The van der Waals surface area contributed by atoms with Crippen molar-refractivity contribution in [2.75, 3.05) is 32.7 Å². The molecule has 2 N–H and O–H groups in total. The lowest BCUT2D eigenvalue weighted by Gasteiger charge is -2.18. The first-order valence-corrected chi connectivity index (χ1v) is 8.76. The van der Waals surface area contributed by atoms with Gasteiger partial charge in [0.05, 0.1) is 12.2 Å². The second-order valence-corrected chi connectivity index (χ2v) is 5.78. The molecule has 1 heterocycles. The number of nitrogens with one attached hydrogen (secondary N) is 2. The fraction of sp³-hybridized carbons (Fsp3) is 0.765. The molecule has 0 aliphatic rings. The summed E-state index contributed by atoms with van der Waals surface area (Å²) < 4.78 is 1.92. The molecule has 0 aliphatic heterocycles. The summed E-state index contributed by atoms with van der Waals surface area (Å²) in [6.45, 7) is 16.5. The minimum atomic E-state index is 0.664. The van der Waals surface area contributed by atoms with E-state index >= 15 is 0 Å². The Kier molecular flexibility index (Phi) is 8.69. The highest BCUT2D eigenvalue weighted by Gasteiger charge is 2.09. The predicted molar refractivity (Wildman–Crippen MR) is 97.9 cm³/mol. The van der Waals surface area contributed by atoms with Gasteiger partial charge in [-0.2, -0.15) is 5.10 Å². The van der Waals surface area contributed by atoms with Gasteiger partial charge in [0.1, 0.15) is 0 Å². The molecular formula is C17H34N6. The molecule has 1 aromatic heterocycles. The summed E-state index contributed by atoms with van der Waals surface area (Å²) in [5.41, 5.74) is 3.46. The van der Waals surface area contributed by atoms with Gasteiger partial charge >= 0.3 is 0 Å². The Bertz CT molecular complexity index is 488. The van der Waals surface area contributed by atoms with Gasteiger partial charge < -0.3 is 15.5 Å². The topological polar surface area (TPSA) is 57.5 Å². The summed E-state index contributed by atoms with van der Waals surface area (Å²) in [4.78, 5) is 7.14. The molecule has 6 heteroatoms. The fourth-order valence-corrected chi connectivity index (χ4v) is 2.60. The van der Waals surface area contributed by atoms with Gasteiger partial charge in [0.15, 0.2) is 5.96 Å². The van der Waals surface area contributed by atoms with Crippen LogP contribution >= 0.6 is 0 Å². The molecule has 0 saturated heterocycles. The third kappa shape index (κ3) is 6.22. The van der Waals surface area contributed by atoms with Gasteiger partial charge in [-0.15, -0.1) is 0 Å². The maximum atomic E-state index is 4.70. The third-order valence-electron chi connectivity index (χ3n) is 4.24. The van der Waals surface area contributed by atoms with Gasteiger partial charge in [0.2, 0.25) is 0 Å². The molecule has 0 unspecified atom stereocenters. The summed E-state index contributed by atoms with van der Waals surface area (Å²) in [6.07, 6.45) is 1.12. The van der Waals surface area contributed by atoms with E-state index in [9.17, 15) is 0 Å². The lowest BCUT2D eigenvalue weighted by Crippen LogP contribution is -2.38. The van der Waals surface area contributed by atoms with Gasteiger partial charge in [-0.3, -0.25) is 4.68 Å². The molecule has 0 bridgehead atoms. The Labute approximate surface area is 141 Å². The molecule has 23 heavy (non-hydrogen) atoms. The predicted octanol–water partition coefficient (Wildman–Crippen LogP) is 1.82. The van der Waals surface area contributed by atoms with Crippen LogP contribution in [0.2, 0.25) is 0 Å². The fourth-order valence-electron chi connectivity index (χ4n) is 2.60. The average Bonchev–Trinajstić information content (AvgIpc) is 2.78. The molecule has 0 saturated carbocycles. The van der Waals surface area contributed by atoms with E-state index in [0.29, 0.717) is 6.54 Å². The van der Waals surface area contributed by atoms with E-state index in [2.05, 4.69) is 48.3 Å². The molecule has 132 valence electrons. The second kappa shape index (κ2) is 10.3. The van der Waals surface area contributed by atoms with E-state index in [-0.39, 0.29) is 0 Å². The molecule has 0 spiro atoms. The quantitative estimate of drug-likeness (QED) is 0.414. The monoisotopic (exact) mass is 322 g/mol. The number of aliphatic imine (C=N–C) groups is 1. The van der Waals surface area contributed by atoms with Crippen LogP contribution in [-0.2, 0) is 13.6 Å². The Morgan fingerprint density at radius 3 is 2.39 bits per heavy atom. The van der Waals surface area contributed by atoms with Crippen molar-refractivity contribution in [1.29, 1.82) is 0 Å². The Hall–Kier alpha value is -1.56. The normalized spacial score (nSPS) is 12.0. The van der Waals surface area contributed by atoms with Crippen molar-refractivity contribution in [3.8, 4) is 0 Å².